The van der Waals surface area contributed by atoms with Crippen molar-refractivity contribution in [2.75, 3.05) is 5.75 Å². The molecule has 0 radical (unpaired) electrons. The van der Waals surface area contributed by atoms with E-state index in [1.54, 1.807) is 56.1 Å². The number of hydrogen-bond acceptors (Lipinski definition) is 9. The van der Waals surface area contributed by atoms with Crippen molar-refractivity contribution in [1.29, 1.82) is 0 Å². The summed E-state index contributed by atoms with van der Waals surface area (Å²) >= 11 is 5.14. The fraction of sp³-hybridized carbons (Fsp3) is 0.304. The van der Waals surface area contributed by atoms with Crippen molar-refractivity contribution in [1.82, 2.24) is 0 Å². The summed E-state index contributed by atoms with van der Waals surface area (Å²) in [7, 11) is -4.33. The highest BCUT2D eigenvalue weighted by Gasteiger charge is 2.29. The molecule has 6 aromatic carbocycles. The smallest absolute Gasteiger partial charge is 0.166 e. The van der Waals surface area contributed by atoms with Gasteiger partial charge in [0.2, 0.25) is 0 Å². The molecular weight excluding hydrogens is 929 g/mol. The molecule has 6 rings (SSSR count). The number of hydrogen-bond donors (Lipinski definition) is 0. The first-order valence-corrected chi connectivity index (χ1v) is 28.3. The van der Waals surface area contributed by atoms with Crippen LogP contribution in [-0.4, -0.2) is 36.1 Å². The Morgan fingerprint density at radius 1 is 0.433 bits per heavy atom. The maximum atomic E-state index is 12.1. The summed E-state index contributed by atoms with van der Waals surface area (Å²) in [4.78, 5) is 46.8. The Kier molecular flexibility index (Phi) is 21.1. The van der Waals surface area contributed by atoms with Crippen molar-refractivity contribution in [3.05, 3.63) is 161 Å². The topological polar surface area (TPSA) is 108 Å². The van der Waals surface area contributed by atoms with Gasteiger partial charge in [-0.1, -0.05) is 113 Å². The molecule has 0 N–H and O–H groups in total. The lowest BCUT2D eigenvalue weighted by Gasteiger charge is -2.12. The lowest BCUT2D eigenvalue weighted by molar-refractivity contribution is 0.100. The molecule has 0 amide bonds. The molecule has 0 atom stereocenters. The van der Waals surface area contributed by atoms with Crippen LogP contribution in [0.15, 0.2) is 171 Å². The summed E-state index contributed by atoms with van der Waals surface area (Å²) in [6, 6.07) is 45.1. The average molecular weight is 991 g/mol. The van der Waals surface area contributed by atoms with E-state index >= 15 is 0 Å². The summed E-state index contributed by atoms with van der Waals surface area (Å²) in [5, 5.41) is 0. The van der Waals surface area contributed by atoms with Gasteiger partial charge in [0.05, 0.1) is 21.0 Å². The molecule has 0 aromatic heterocycles. The summed E-state index contributed by atoms with van der Waals surface area (Å²) in [6.07, 6.45) is 8.41. The van der Waals surface area contributed by atoms with E-state index in [0.29, 0.717) is 6.42 Å². The maximum absolute atomic E-state index is 12.1. The summed E-state index contributed by atoms with van der Waals surface area (Å²) in [6.45, 7) is 13.3. The number of aryl methyl sites for hydroxylation is 3. The standard InChI is InChI=1S/C48H45O3S4.C8H18O3S/c1-7-34-28-40(16-25-46(34)31(4)49)52-37-10-19-43(20-11-37)55(44-21-12-38(13-22-44)53-41-17-26-47(32(5)50)35(8-2)29-41)45-23-14-39(15-24-45)54-42-18-27-48(33(6)51)36(9-3)30-42;1-2-3-4-5-6-7-8-12(9,10)11/h10-30H,7-9H2,1-6H3;2-8H2,1H3,(H,9,10,11)/q+1;/p-1. The van der Waals surface area contributed by atoms with Crippen LogP contribution in [0.1, 0.15) is 135 Å². The molecule has 352 valence electrons. The van der Waals surface area contributed by atoms with Crippen LogP contribution < -0.4 is 0 Å². The summed E-state index contributed by atoms with van der Waals surface area (Å²) in [5.74, 6) is 0.113. The molecule has 0 aliphatic carbocycles. The van der Waals surface area contributed by atoms with Crippen molar-refractivity contribution < 1.29 is 27.4 Å². The zero-order valence-electron chi connectivity index (χ0n) is 39.7. The third kappa shape index (κ3) is 16.4. The van der Waals surface area contributed by atoms with Gasteiger partial charge >= 0.3 is 0 Å². The second-order valence-electron chi connectivity index (χ2n) is 16.2. The van der Waals surface area contributed by atoms with E-state index in [1.807, 2.05) is 36.4 Å². The van der Waals surface area contributed by atoms with Crippen LogP contribution in [0.4, 0.5) is 0 Å². The number of rotatable bonds is 22. The van der Waals surface area contributed by atoms with Crippen molar-refractivity contribution in [3.63, 3.8) is 0 Å². The molecule has 0 aliphatic rings. The minimum Gasteiger partial charge on any atom is -0.748 e. The SMILES string of the molecule is CCCCCCCCS(=O)(=O)[O-].CCc1cc(Sc2ccc([S+](c3ccc(Sc4ccc(C(C)=O)c(CC)c4)cc3)c3ccc(Sc4ccc(C(C)=O)c(CC)c4)cc3)cc2)ccc1C(C)=O. The highest BCUT2D eigenvalue weighted by molar-refractivity contribution is 8.00. The Hall–Kier alpha value is -4.36. The summed E-state index contributed by atoms with van der Waals surface area (Å²) < 4.78 is 30.5. The number of unbranched alkanes of at least 4 members (excludes halogenated alkanes) is 5. The first-order valence-electron chi connectivity index (χ1n) is 23.1. The van der Waals surface area contributed by atoms with Gasteiger partial charge in [0.25, 0.3) is 0 Å². The molecule has 6 nitrogen and oxygen atoms in total. The molecule has 0 aliphatic heterocycles. The van der Waals surface area contributed by atoms with Crippen molar-refractivity contribution in [2.45, 2.75) is 150 Å². The highest BCUT2D eigenvalue weighted by atomic mass is 32.2. The maximum Gasteiger partial charge on any atom is 0.166 e. The van der Waals surface area contributed by atoms with Gasteiger partial charge in [-0.2, -0.15) is 0 Å². The van der Waals surface area contributed by atoms with Crippen LogP contribution in [0.3, 0.4) is 0 Å². The molecule has 0 spiro atoms. The van der Waals surface area contributed by atoms with E-state index in [4.69, 9.17) is 0 Å². The lowest BCUT2D eigenvalue weighted by Crippen LogP contribution is -2.05. The zero-order chi connectivity index (χ0) is 48.5. The highest BCUT2D eigenvalue weighted by Crippen LogP contribution is 2.38. The van der Waals surface area contributed by atoms with Gasteiger partial charge in [-0.3, -0.25) is 14.4 Å². The molecule has 0 bridgehead atoms. The molecule has 6 aromatic rings. The quantitative estimate of drug-likeness (QED) is 0.0284. The van der Waals surface area contributed by atoms with Crippen LogP contribution in [0, 0.1) is 0 Å². The van der Waals surface area contributed by atoms with Gasteiger partial charge in [0, 0.05) is 51.8 Å². The second-order valence-corrected chi connectivity index (χ2v) is 23.2. The van der Waals surface area contributed by atoms with Gasteiger partial charge in [0.1, 0.15) is 0 Å². The molecule has 0 unspecified atom stereocenters. The lowest BCUT2D eigenvalue weighted by atomic mass is 10.0. The van der Waals surface area contributed by atoms with Crippen LogP contribution >= 0.6 is 35.3 Å². The minimum absolute atomic E-state index is 0.103. The second kappa shape index (κ2) is 26.4. The van der Waals surface area contributed by atoms with Gasteiger partial charge in [-0.25, -0.2) is 8.42 Å². The summed E-state index contributed by atoms with van der Waals surface area (Å²) in [5.41, 5.74) is 5.64. The first kappa shape index (κ1) is 53.6. The number of carbonyl (C=O) groups is 3. The van der Waals surface area contributed by atoms with Gasteiger partial charge in [0.15, 0.2) is 32.0 Å². The predicted octanol–water partition coefficient (Wildman–Crippen LogP) is 15.4. The number of benzene rings is 6. The monoisotopic (exact) mass is 990 g/mol. The van der Waals surface area contributed by atoms with Gasteiger partial charge < -0.3 is 4.55 Å². The van der Waals surface area contributed by atoms with E-state index in [1.165, 1.54) is 27.5 Å². The number of Topliss-reactive ketones (excluding diaryl/α,β-unsaturated/α-hetero) is 3. The molecule has 11 heteroatoms. The first-order chi connectivity index (χ1) is 32.1. The predicted molar refractivity (Wildman–Crippen MR) is 279 cm³/mol. The molecule has 0 fully saturated rings. The average Bonchev–Trinajstić information content (AvgIpc) is 3.31. The fourth-order valence-electron chi connectivity index (χ4n) is 7.62. The third-order valence-electron chi connectivity index (χ3n) is 11.1. The number of ketones is 3. The van der Waals surface area contributed by atoms with E-state index in [9.17, 15) is 27.4 Å². The minimum atomic E-state index is -3.97. The zero-order valence-corrected chi connectivity index (χ0v) is 43.8. The Labute approximate surface area is 415 Å². The van der Waals surface area contributed by atoms with E-state index in [2.05, 4.69) is 119 Å². The molecular formula is C56H62O6S5. The molecule has 0 saturated heterocycles. The normalized spacial score (nSPS) is 11.3. The number of carbonyl (C=O) groups excluding carboxylic acids is 3. The van der Waals surface area contributed by atoms with Crippen LogP contribution in [0.5, 0.6) is 0 Å². The van der Waals surface area contributed by atoms with E-state index in [-0.39, 0.29) is 34.0 Å². The largest absolute Gasteiger partial charge is 0.748 e. The van der Waals surface area contributed by atoms with Crippen molar-refractivity contribution in [2.24, 2.45) is 0 Å². The van der Waals surface area contributed by atoms with Crippen LogP contribution in [0.2, 0.25) is 0 Å². The Balaban J connectivity index is 0.000000615. The molecule has 67 heavy (non-hydrogen) atoms. The van der Waals surface area contributed by atoms with Crippen LogP contribution in [0.25, 0.3) is 0 Å². The van der Waals surface area contributed by atoms with Crippen molar-refractivity contribution in [3.8, 4) is 0 Å². The van der Waals surface area contributed by atoms with Gasteiger partial charge in [-0.15, -0.1) is 0 Å². The fourth-order valence-corrected chi connectivity index (χ4v) is 12.9. The van der Waals surface area contributed by atoms with Crippen molar-refractivity contribution >= 4 is 73.6 Å². The Bertz CT molecular complexity index is 2450. The molecule has 0 saturated carbocycles. The van der Waals surface area contributed by atoms with E-state index < -0.39 is 10.1 Å². The Morgan fingerprint density at radius 3 is 0.985 bits per heavy atom. The van der Waals surface area contributed by atoms with Crippen LogP contribution in [-0.2, 0) is 40.3 Å². The molecule has 0 heterocycles. The third-order valence-corrected chi connectivity index (χ3v) is 17.2. The van der Waals surface area contributed by atoms with Gasteiger partial charge in [-0.05, 0) is 172 Å². The van der Waals surface area contributed by atoms with E-state index in [0.717, 1.165) is 101 Å². The Morgan fingerprint density at radius 2 is 0.716 bits per heavy atom.